The summed E-state index contributed by atoms with van der Waals surface area (Å²) in [4.78, 5) is 0. The first-order valence-corrected chi connectivity index (χ1v) is 11.4. The summed E-state index contributed by atoms with van der Waals surface area (Å²) in [5, 5.41) is 4.45. The lowest BCUT2D eigenvalue weighted by molar-refractivity contribution is 0.515. The van der Waals surface area contributed by atoms with Gasteiger partial charge in [0.2, 0.25) is 0 Å². The van der Waals surface area contributed by atoms with Crippen LogP contribution in [0.3, 0.4) is 0 Å². The second-order valence-corrected chi connectivity index (χ2v) is 10.5. The van der Waals surface area contributed by atoms with E-state index in [0.29, 0.717) is 11.5 Å². The van der Waals surface area contributed by atoms with Gasteiger partial charge in [-0.15, -0.1) is 0 Å². The summed E-state index contributed by atoms with van der Waals surface area (Å²) in [5.74, 6) is -1.60. The van der Waals surface area contributed by atoms with Gasteiger partial charge in [0, 0.05) is 22.9 Å². The zero-order chi connectivity index (χ0) is 17.0. The normalized spacial score (nSPS) is 14.9. The van der Waals surface area contributed by atoms with Crippen LogP contribution in [0.15, 0.2) is 72.8 Å². The van der Waals surface area contributed by atoms with Gasteiger partial charge >= 0.3 is 5.84 Å². The third kappa shape index (κ3) is 2.43. The van der Waals surface area contributed by atoms with Crippen molar-refractivity contribution in [2.24, 2.45) is 0 Å². The van der Waals surface area contributed by atoms with E-state index >= 15 is 0 Å². The van der Waals surface area contributed by atoms with E-state index in [9.17, 15) is 0 Å². The molecule has 0 bridgehead atoms. The number of rotatable bonds is 0. The van der Waals surface area contributed by atoms with E-state index < -0.39 is 5.84 Å². The van der Waals surface area contributed by atoms with Crippen molar-refractivity contribution in [1.29, 1.82) is 0 Å². The summed E-state index contributed by atoms with van der Waals surface area (Å²) in [7, 11) is 0. The summed E-state index contributed by atoms with van der Waals surface area (Å²) in [6.07, 6.45) is 0. The molecule has 5 heteroatoms. The summed E-state index contributed by atoms with van der Waals surface area (Å²) in [6, 6.07) is 24.4. The molecule has 0 saturated carbocycles. The fourth-order valence-electron chi connectivity index (χ4n) is 3.42. The van der Waals surface area contributed by atoms with Crippen LogP contribution in [-0.2, 0) is 11.8 Å². The van der Waals surface area contributed by atoms with Crippen LogP contribution in [0.2, 0.25) is 0 Å². The number of hydrogen-bond acceptors (Lipinski definition) is 3. The molecule has 0 saturated heterocycles. The molecule has 0 atom stereocenters. The maximum absolute atomic E-state index is 6.42. The monoisotopic (exact) mass is 382 g/mol. The minimum atomic E-state index is -2.95. The highest BCUT2D eigenvalue weighted by atomic mass is 35.7. The van der Waals surface area contributed by atoms with Gasteiger partial charge in [-0.1, -0.05) is 60.7 Å². The average Bonchev–Trinajstić information content (AvgIpc) is 2.73. The molecule has 0 spiro atoms. The van der Waals surface area contributed by atoms with Crippen LogP contribution in [0.5, 0.6) is 11.5 Å². The van der Waals surface area contributed by atoms with E-state index in [2.05, 4.69) is 24.3 Å². The molecule has 4 aromatic carbocycles. The molecule has 0 fully saturated rings. The minimum Gasteiger partial charge on any atom is -0.424 e. The first-order chi connectivity index (χ1) is 12.1. The van der Waals surface area contributed by atoms with Gasteiger partial charge in [0.1, 0.15) is 11.5 Å². The first kappa shape index (κ1) is 15.2. The third-order valence-electron chi connectivity index (χ3n) is 4.45. The van der Waals surface area contributed by atoms with E-state index in [4.69, 9.17) is 32.1 Å². The second-order valence-electron chi connectivity index (χ2n) is 5.93. The van der Waals surface area contributed by atoms with Crippen LogP contribution in [0.25, 0.3) is 32.7 Å². The molecular weight excluding hydrogens is 371 g/mol. The van der Waals surface area contributed by atoms with E-state index in [1.807, 2.05) is 48.5 Å². The highest BCUT2D eigenvalue weighted by Gasteiger charge is 2.30. The van der Waals surface area contributed by atoms with Crippen LogP contribution in [0.4, 0.5) is 0 Å². The highest BCUT2D eigenvalue weighted by Crippen LogP contribution is 2.61. The Balaban J connectivity index is 2.02. The van der Waals surface area contributed by atoms with E-state index in [1.165, 1.54) is 0 Å². The summed E-state index contributed by atoms with van der Waals surface area (Å²) >= 11 is 11.8. The Hall–Kier alpha value is -2.06. The van der Waals surface area contributed by atoms with Gasteiger partial charge in [0.05, 0.1) is 0 Å². The van der Waals surface area contributed by atoms with Crippen molar-refractivity contribution in [3.63, 3.8) is 0 Å². The van der Waals surface area contributed by atoms with Gasteiger partial charge in [0.15, 0.2) is 0 Å². The molecule has 0 amide bonds. The van der Waals surface area contributed by atoms with Crippen molar-refractivity contribution in [3.8, 4) is 22.6 Å². The average molecular weight is 383 g/mol. The molecule has 1 aliphatic heterocycles. The van der Waals surface area contributed by atoms with E-state index in [0.717, 1.165) is 32.7 Å². The van der Waals surface area contributed by atoms with Gasteiger partial charge < -0.3 is 9.05 Å². The molecule has 122 valence electrons. The molecule has 25 heavy (non-hydrogen) atoms. The van der Waals surface area contributed by atoms with Crippen molar-refractivity contribution < 1.29 is 9.05 Å². The van der Waals surface area contributed by atoms with E-state index in [1.54, 1.807) is 0 Å². The Bertz CT molecular complexity index is 1110. The number of benzene rings is 4. The summed E-state index contributed by atoms with van der Waals surface area (Å²) in [5.41, 5.74) is 1.97. The van der Waals surface area contributed by atoms with Gasteiger partial charge in [-0.2, -0.15) is 0 Å². The quantitative estimate of drug-likeness (QED) is 0.308. The third-order valence-corrected chi connectivity index (χ3v) is 6.14. The number of hydrogen-bond donors (Lipinski definition) is 0. The van der Waals surface area contributed by atoms with Crippen molar-refractivity contribution in [2.75, 3.05) is 0 Å². The topological polar surface area (TPSA) is 18.5 Å². The fourth-order valence-corrected chi connectivity index (χ4v) is 5.16. The second kappa shape index (κ2) is 5.47. The molecule has 0 aromatic heterocycles. The van der Waals surface area contributed by atoms with Crippen LogP contribution < -0.4 is 9.05 Å². The zero-order valence-corrected chi connectivity index (χ0v) is 15.4. The molecule has 0 unspecified atom stereocenters. The van der Waals surface area contributed by atoms with Gasteiger partial charge in [-0.3, -0.25) is 0 Å². The summed E-state index contributed by atoms with van der Waals surface area (Å²) < 4.78 is 11.9. The first-order valence-electron chi connectivity index (χ1n) is 7.85. The van der Waals surface area contributed by atoms with Crippen molar-refractivity contribution in [3.05, 3.63) is 72.8 Å². The molecule has 1 heterocycles. The van der Waals surface area contributed by atoms with Gasteiger partial charge in [-0.25, -0.2) is 0 Å². The lowest BCUT2D eigenvalue weighted by Gasteiger charge is -2.14. The maximum atomic E-state index is 6.42. The summed E-state index contributed by atoms with van der Waals surface area (Å²) in [6.45, 7) is 0. The lowest BCUT2D eigenvalue weighted by Crippen LogP contribution is -1.92. The number of fused-ring (bicyclic) bond motifs is 7. The van der Waals surface area contributed by atoms with Crippen LogP contribution >= 0.6 is 17.1 Å². The highest BCUT2D eigenvalue weighted by molar-refractivity contribution is 8.22. The molecule has 0 aliphatic carbocycles. The fraction of sp³-hybridized carbons (Fsp3) is 0. The molecule has 5 rings (SSSR count). The molecule has 2 nitrogen and oxygen atoms in total. The largest absolute Gasteiger partial charge is 0.424 e. The maximum Gasteiger partial charge on any atom is 0.384 e. The molecule has 1 aliphatic rings. The Morgan fingerprint density at radius 3 is 1.56 bits per heavy atom. The Kier molecular flexibility index (Phi) is 3.33. The van der Waals surface area contributed by atoms with Crippen LogP contribution in [0.1, 0.15) is 0 Å². The SMILES string of the molecule is S=P1(Cl)Oc2ccc3ccccc3c2-c2c(ccc3ccccc23)O1. The lowest BCUT2D eigenvalue weighted by atomic mass is 9.92. The van der Waals surface area contributed by atoms with E-state index in [-0.39, 0.29) is 0 Å². The molecule has 0 radical (unpaired) electrons. The van der Waals surface area contributed by atoms with Crippen LogP contribution in [-0.4, -0.2) is 0 Å². The molecule has 0 N–H and O–H groups in total. The van der Waals surface area contributed by atoms with Crippen LogP contribution in [0, 0.1) is 0 Å². The van der Waals surface area contributed by atoms with Gasteiger partial charge in [0.25, 0.3) is 0 Å². The smallest absolute Gasteiger partial charge is 0.384 e. The molecular formula is C20H12ClO2PS. The number of halogens is 1. The Morgan fingerprint density at radius 2 is 1.08 bits per heavy atom. The Morgan fingerprint density at radius 1 is 0.640 bits per heavy atom. The predicted molar refractivity (Wildman–Crippen MR) is 108 cm³/mol. The van der Waals surface area contributed by atoms with Crippen molar-refractivity contribution in [1.82, 2.24) is 0 Å². The standard InChI is InChI=1S/C20H12ClO2PS/c21-24(25)22-17-11-9-13-5-1-3-7-15(13)19(17)20-16-8-4-2-6-14(16)10-12-18(20)23-24/h1-12H. The molecule has 4 aromatic rings. The van der Waals surface area contributed by atoms with Crippen molar-refractivity contribution in [2.45, 2.75) is 0 Å². The zero-order valence-electron chi connectivity index (χ0n) is 13.0. The minimum absolute atomic E-state index is 0.673. The Labute approximate surface area is 154 Å². The van der Waals surface area contributed by atoms with Crippen molar-refractivity contribution >= 4 is 50.4 Å². The van der Waals surface area contributed by atoms with Gasteiger partial charge in [-0.05, 0) is 44.9 Å². The predicted octanol–water partition coefficient (Wildman–Crippen LogP) is 6.89.